The summed E-state index contributed by atoms with van der Waals surface area (Å²) < 4.78 is 55.5. The molecule has 0 bridgehead atoms. The van der Waals surface area contributed by atoms with Crippen LogP contribution in [0, 0.1) is 24.4 Å². The Bertz CT molecular complexity index is 1130. The summed E-state index contributed by atoms with van der Waals surface area (Å²) in [6.07, 6.45) is 0.467. The Morgan fingerprint density at radius 1 is 0.935 bits per heavy atom. The minimum absolute atomic E-state index is 0.0420. The highest BCUT2D eigenvalue weighted by molar-refractivity contribution is 6.05. The van der Waals surface area contributed by atoms with Gasteiger partial charge < -0.3 is 5.73 Å². The molecular weight excluding hydrogens is 404 g/mol. The molecule has 1 unspecified atom stereocenters. The number of nitrogens with two attached hydrogens (primary N) is 1. The zero-order valence-corrected chi connectivity index (χ0v) is 17.7. The Kier molecular flexibility index (Phi) is 7.39. The van der Waals surface area contributed by atoms with Crippen LogP contribution in [0.4, 0.5) is 17.6 Å². The molecule has 0 aliphatic heterocycles. The molecule has 0 fully saturated rings. The van der Waals surface area contributed by atoms with Crippen molar-refractivity contribution in [3.8, 4) is 0 Å². The molecule has 0 aliphatic rings. The van der Waals surface area contributed by atoms with Crippen molar-refractivity contribution in [1.29, 1.82) is 0 Å². The topological polar surface area (TPSA) is 38.4 Å². The molecule has 2 aromatic rings. The van der Waals surface area contributed by atoms with E-state index in [0.717, 1.165) is 24.3 Å². The van der Waals surface area contributed by atoms with Gasteiger partial charge in [0.05, 0.1) is 5.70 Å². The van der Waals surface area contributed by atoms with Crippen LogP contribution in [0.1, 0.15) is 41.7 Å². The Labute approximate surface area is 179 Å². The van der Waals surface area contributed by atoms with E-state index >= 15 is 0 Å². The summed E-state index contributed by atoms with van der Waals surface area (Å²) in [6, 6.07) is 4.77. The molecule has 2 nitrogen and oxygen atoms in total. The van der Waals surface area contributed by atoms with Gasteiger partial charge in [0.25, 0.3) is 0 Å². The van der Waals surface area contributed by atoms with Crippen molar-refractivity contribution >= 4 is 22.7 Å². The maximum atomic E-state index is 14.0. The standard InChI is InChI=1S/C25H24F4N2/c1-7-17(26)9-25(30)21-12-24(29)23(28)11-20(21)16(6)31-15(5)19-8-14(4)22(27)10-18(19)13(2)3/h7-12,17H,1-2,6,30H2,3-5H3/b25-9-,31-15+. The number of aryl methyl sites for hydroxylation is 1. The number of halogens is 4. The van der Waals surface area contributed by atoms with Crippen LogP contribution < -0.4 is 5.73 Å². The quantitative estimate of drug-likeness (QED) is 0.296. The van der Waals surface area contributed by atoms with E-state index in [9.17, 15) is 17.6 Å². The van der Waals surface area contributed by atoms with Gasteiger partial charge in [-0.3, -0.25) is 4.99 Å². The van der Waals surface area contributed by atoms with Crippen LogP contribution in [-0.2, 0) is 0 Å². The van der Waals surface area contributed by atoms with Crippen LogP contribution in [0.3, 0.4) is 0 Å². The third kappa shape index (κ3) is 5.40. The highest BCUT2D eigenvalue weighted by Crippen LogP contribution is 2.28. The monoisotopic (exact) mass is 428 g/mol. The smallest absolute Gasteiger partial charge is 0.159 e. The van der Waals surface area contributed by atoms with Crippen molar-refractivity contribution in [3.05, 3.63) is 101 Å². The van der Waals surface area contributed by atoms with Crippen molar-refractivity contribution in [2.75, 3.05) is 0 Å². The van der Waals surface area contributed by atoms with Crippen LogP contribution >= 0.6 is 0 Å². The zero-order valence-electron chi connectivity index (χ0n) is 17.7. The van der Waals surface area contributed by atoms with Gasteiger partial charge in [0, 0.05) is 28.1 Å². The molecule has 162 valence electrons. The van der Waals surface area contributed by atoms with Crippen LogP contribution in [0.25, 0.3) is 17.0 Å². The maximum absolute atomic E-state index is 14.0. The number of allylic oxidation sites excluding steroid dienone is 3. The number of benzene rings is 2. The van der Waals surface area contributed by atoms with E-state index in [-0.39, 0.29) is 28.3 Å². The summed E-state index contributed by atoms with van der Waals surface area (Å²) in [4.78, 5) is 4.42. The van der Waals surface area contributed by atoms with Gasteiger partial charge >= 0.3 is 0 Å². The maximum Gasteiger partial charge on any atom is 0.159 e. The van der Waals surface area contributed by atoms with Crippen LogP contribution in [-0.4, -0.2) is 11.9 Å². The predicted octanol–water partition coefficient (Wildman–Crippen LogP) is 6.75. The second-order valence-electron chi connectivity index (χ2n) is 7.19. The predicted molar refractivity (Wildman–Crippen MR) is 121 cm³/mol. The van der Waals surface area contributed by atoms with E-state index in [0.29, 0.717) is 28.0 Å². The molecule has 0 aromatic heterocycles. The van der Waals surface area contributed by atoms with Gasteiger partial charge in [0.1, 0.15) is 12.0 Å². The van der Waals surface area contributed by atoms with Crippen LogP contribution in [0.5, 0.6) is 0 Å². The fraction of sp³-hybridized carbons (Fsp3) is 0.160. The number of nitrogens with zero attached hydrogens (tertiary/aromatic N) is 1. The fourth-order valence-corrected chi connectivity index (χ4v) is 3.01. The van der Waals surface area contributed by atoms with E-state index in [1.165, 1.54) is 6.07 Å². The highest BCUT2D eigenvalue weighted by Gasteiger charge is 2.16. The lowest BCUT2D eigenvalue weighted by Gasteiger charge is -2.14. The summed E-state index contributed by atoms with van der Waals surface area (Å²) in [5, 5.41) is 0. The van der Waals surface area contributed by atoms with Gasteiger partial charge in [-0.05, 0) is 62.2 Å². The van der Waals surface area contributed by atoms with Gasteiger partial charge in [0.15, 0.2) is 11.6 Å². The average molecular weight is 428 g/mol. The highest BCUT2D eigenvalue weighted by atomic mass is 19.2. The lowest BCUT2D eigenvalue weighted by molar-refractivity contribution is 0.470. The Morgan fingerprint density at radius 3 is 2.03 bits per heavy atom. The first kappa shape index (κ1) is 23.9. The van der Waals surface area contributed by atoms with Crippen molar-refractivity contribution in [1.82, 2.24) is 0 Å². The number of alkyl halides is 1. The van der Waals surface area contributed by atoms with Crippen molar-refractivity contribution in [2.45, 2.75) is 26.9 Å². The summed E-state index contributed by atoms with van der Waals surface area (Å²) in [5.41, 5.74) is 8.70. The summed E-state index contributed by atoms with van der Waals surface area (Å²) in [6.45, 7) is 16.1. The number of rotatable bonds is 7. The SMILES string of the molecule is C=CC(F)/C=C(\N)c1cc(F)c(F)cc1C(=C)/N=C(\C)c1cc(C)c(F)cc1C(=C)C. The summed E-state index contributed by atoms with van der Waals surface area (Å²) >= 11 is 0. The average Bonchev–Trinajstić information content (AvgIpc) is 2.70. The summed E-state index contributed by atoms with van der Waals surface area (Å²) in [7, 11) is 0. The molecule has 0 radical (unpaired) electrons. The Morgan fingerprint density at radius 2 is 1.48 bits per heavy atom. The second-order valence-corrected chi connectivity index (χ2v) is 7.19. The fourth-order valence-electron chi connectivity index (χ4n) is 3.01. The van der Waals surface area contributed by atoms with Crippen molar-refractivity contribution in [2.24, 2.45) is 10.7 Å². The molecule has 2 rings (SSSR count). The van der Waals surface area contributed by atoms with Crippen LogP contribution in [0.15, 0.2) is 61.1 Å². The van der Waals surface area contributed by atoms with Crippen LogP contribution in [0.2, 0.25) is 0 Å². The first-order valence-corrected chi connectivity index (χ1v) is 9.40. The summed E-state index contributed by atoms with van der Waals surface area (Å²) in [5.74, 6) is -2.64. The largest absolute Gasteiger partial charge is 0.398 e. The number of aliphatic imine (C=N–C) groups is 1. The minimum Gasteiger partial charge on any atom is -0.398 e. The molecule has 0 amide bonds. The molecule has 0 aliphatic carbocycles. The van der Waals surface area contributed by atoms with E-state index in [4.69, 9.17) is 5.73 Å². The number of hydrogen-bond donors (Lipinski definition) is 1. The first-order chi connectivity index (χ1) is 14.5. The van der Waals surface area contributed by atoms with Crippen molar-refractivity contribution < 1.29 is 17.6 Å². The third-order valence-electron chi connectivity index (χ3n) is 4.70. The van der Waals surface area contributed by atoms with E-state index in [1.54, 1.807) is 26.8 Å². The molecule has 0 heterocycles. The molecule has 0 saturated carbocycles. The van der Waals surface area contributed by atoms with Crippen molar-refractivity contribution in [3.63, 3.8) is 0 Å². The molecule has 2 aromatic carbocycles. The van der Waals surface area contributed by atoms with Gasteiger partial charge in [0.2, 0.25) is 0 Å². The lowest BCUT2D eigenvalue weighted by Crippen LogP contribution is -2.07. The van der Waals surface area contributed by atoms with Gasteiger partial charge in [-0.1, -0.05) is 31.4 Å². The Hall–Kier alpha value is -3.41. The van der Waals surface area contributed by atoms with E-state index in [2.05, 4.69) is 24.7 Å². The molecule has 0 spiro atoms. The molecule has 2 N–H and O–H groups in total. The molecule has 31 heavy (non-hydrogen) atoms. The lowest BCUT2D eigenvalue weighted by atomic mass is 9.96. The molecular formula is C25H24F4N2. The molecule has 0 saturated heterocycles. The second kappa shape index (κ2) is 9.60. The first-order valence-electron chi connectivity index (χ1n) is 9.40. The number of hydrogen-bond acceptors (Lipinski definition) is 2. The van der Waals surface area contributed by atoms with Gasteiger partial charge in [-0.15, -0.1) is 0 Å². The molecule has 1 atom stereocenters. The van der Waals surface area contributed by atoms with Gasteiger partial charge in [-0.2, -0.15) is 0 Å². The minimum atomic E-state index is -1.57. The Balaban J connectivity index is 2.63. The van der Waals surface area contributed by atoms with E-state index in [1.807, 2.05) is 0 Å². The molecule has 6 heteroatoms. The normalized spacial score (nSPS) is 13.1. The zero-order chi connectivity index (χ0) is 23.5. The van der Waals surface area contributed by atoms with Gasteiger partial charge in [-0.25, -0.2) is 17.6 Å². The van der Waals surface area contributed by atoms with E-state index < -0.39 is 17.8 Å². The third-order valence-corrected chi connectivity index (χ3v) is 4.70.